The van der Waals surface area contributed by atoms with Crippen LogP contribution in [0.2, 0.25) is 0 Å². The molecule has 1 aliphatic heterocycles. The molecule has 2 amide bonds. The van der Waals surface area contributed by atoms with E-state index >= 15 is 0 Å². The topological polar surface area (TPSA) is 78.9 Å². The minimum Gasteiger partial charge on any atom is -0.391 e. The Labute approximate surface area is 150 Å². The molecule has 2 N–H and O–H groups in total. The molecule has 0 radical (unpaired) electrons. The van der Waals surface area contributed by atoms with E-state index in [0.29, 0.717) is 13.0 Å². The number of carbonyl (C=O) groups excluding carboxylic acids is 2. The minimum atomic E-state index is -0.645. The Kier molecular flexibility index (Phi) is 9.45. The number of nitrogens with zero attached hydrogens (tertiary/aromatic N) is 1. The Morgan fingerprint density at radius 3 is 2.64 bits per heavy atom. The molecule has 3 unspecified atom stereocenters. The highest BCUT2D eigenvalue weighted by Crippen LogP contribution is 2.23. The monoisotopic (exact) mass is 352 g/mol. The van der Waals surface area contributed by atoms with Gasteiger partial charge < -0.3 is 20.1 Å². The number of aliphatic hydroxyl groups is 1. The lowest BCUT2D eigenvalue weighted by atomic mass is 10.1. The summed E-state index contributed by atoms with van der Waals surface area (Å²) in [7, 11) is 0. The van der Waals surface area contributed by atoms with Crippen LogP contribution in [0.5, 0.6) is 0 Å². The van der Waals surface area contributed by atoms with Crippen molar-refractivity contribution in [2.75, 3.05) is 13.2 Å². The number of ether oxygens (including phenoxy) is 1. The summed E-state index contributed by atoms with van der Waals surface area (Å²) in [6, 6.07) is -0.333. The van der Waals surface area contributed by atoms with Crippen LogP contribution >= 0.6 is 0 Å². The molecule has 1 saturated heterocycles. The first-order valence-corrected chi connectivity index (χ1v) is 9.04. The van der Waals surface area contributed by atoms with Gasteiger partial charge in [-0.05, 0) is 39.0 Å². The van der Waals surface area contributed by atoms with Crippen LogP contribution in [0.15, 0.2) is 25.8 Å². The van der Waals surface area contributed by atoms with Gasteiger partial charge in [0, 0.05) is 25.6 Å². The van der Waals surface area contributed by atoms with Crippen molar-refractivity contribution in [3.05, 3.63) is 25.8 Å². The number of likely N-dealkylation sites (tertiary alicyclic amines) is 1. The molecule has 1 heterocycles. The first-order valence-electron chi connectivity index (χ1n) is 9.04. The number of unbranched alkanes of at least 4 members (excludes halogenated alkanes) is 2. The van der Waals surface area contributed by atoms with E-state index in [2.05, 4.69) is 25.1 Å². The maximum atomic E-state index is 12.5. The lowest BCUT2D eigenvalue weighted by molar-refractivity contribution is -0.147. The Bertz CT molecular complexity index is 451. The number of amides is 2. The summed E-state index contributed by atoms with van der Waals surface area (Å²) in [6.45, 7) is 12.1. The van der Waals surface area contributed by atoms with E-state index in [1.165, 1.54) is 4.90 Å². The summed E-state index contributed by atoms with van der Waals surface area (Å²) in [5, 5.41) is 12.8. The molecule has 6 nitrogen and oxygen atoms in total. The molecule has 0 aromatic rings. The lowest BCUT2D eigenvalue weighted by Gasteiger charge is -2.26. The molecule has 0 spiro atoms. The summed E-state index contributed by atoms with van der Waals surface area (Å²) < 4.78 is 5.58. The zero-order valence-corrected chi connectivity index (χ0v) is 15.3. The van der Waals surface area contributed by atoms with E-state index < -0.39 is 18.2 Å². The number of carbonyl (C=O) groups is 2. The van der Waals surface area contributed by atoms with Crippen molar-refractivity contribution in [2.24, 2.45) is 0 Å². The number of allylic oxidation sites excluding steroid dienone is 1. The van der Waals surface area contributed by atoms with E-state index in [1.54, 1.807) is 6.92 Å². The molecule has 0 aromatic carbocycles. The second-order valence-electron chi connectivity index (χ2n) is 6.48. The van der Waals surface area contributed by atoms with Gasteiger partial charge in [0.15, 0.2) is 0 Å². The zero-order valence-electron chi connectivity index (χ0n) is 15.3. The van der Waals surface area contributed by atoms with Gasteiger partial charge in [-0.15, -0.1) is 19.7 Å². The van der Waals surface area contributed by atoms with Crippen molar-refractivity contribution in [1.29, 1.82) is 0 Å². The van der Waals surface area contributed by atoms with Crippen LogP contribution in [0.1, 0.15) is 45.4 Å². The average molecular weight is 352 g/mol. The van der Waals surface area contributed by atoms with Gasteiger partial charge in [0.05, 0.1) is 6.10 Å². The third-order valence-corrected chi connectivity index (χ3v) is 4.31. The number of nitrogens with one attached hydrogen (secondary N) is 1. The highest BCUT2D eigenvalue weighted by molar-refractivity contribution is 5.90. The maximum absolute atomic E-state index is 12.5. The Hall–Kier alpha value is -1.66. The fourth-order valence-electron chi connectivity index (χ4n) is 2.79. The van der Waals surface area contributed by atoms with Crippen LogP contribution < -0.4 is 5.32 Å². The van der Waals surface area contributed by atoms with Crippen molar-refractivity contribution >= 4 is 11.8 Å². The van der Waals surface area contributed by atoms with E-state index in [4.69, 9.17) is 4.74 Å². The molecule has 2 rings (SSSR count). The van der Waals surface area contributed by atoms with Crippen LogP contribution in [-0.4, -0.2) is 59.3 Å². The quantitative estimate of drug-likeness (QED) is 0.490. The van der Waals surface area contributed by atoms with Gasteiger partial charge in [-0.1, -0.05) is 6.08 Å². The second-order valence-corrected chi connectivity index (χ2v) is 6.48. The van der Waals surface area contributed by atoms with E-state index in [9.17, 15) is 14.7 Å². The van der Waals surface area contributed by atoms with Crippen LogP contribution in [0.4, 0.5) is 0 Å². The van der Waals surface area contributed by atoms with Crippen molar-refractivity contribution < 1.29 is 19.4 Å². The normalized spacial score (nSPS) is 23.4. The molecule has 25 heavy (non-hydrogen) atoms. The summed E-state index contributed by atoms with van der Waals surface area (Å²) >= 11 is 0. The highest BCUT2D eigenvalue weighted by atomic mass is 16.5. The molecule has 1 saturated carbocycles. The smallest absolute Gasteiger partial charge is 0.252 e. The molecule has 2 aliphatic rings. The zero-order chi connectivity index (χ0) is 18.8. The minimum absolute atomic E-state index is 0.157. The third-order valence-electron chi connectivity index (χ3n) is 4.31. The van der Waals surface area contributed by atoms with Crippen molar-refractivity contribution in [3.63, 3.8) is 0 Å². The van der Waals surface area contributed by atoms with Gasteiger partial charge >= 0.3 is 0 Å². The number of aliphatic hydroxyl groups excluding tert-OH is 1. The summed E-state index contributed by atoms with van der Waals surface area (Å²) in [5.41, 5.74) is 0. The molecule has 6 heteroatoms. The molecule has 0 aromatic heterocycles. The standard InChI is InChI=1S/C17H28N2O4.C2H4/c1-3-4-5-6-9-23-12(2)17(22)19-11-14(20)10-15(19)16(21)18-13-7-8-13;1-2/h3,12-15,20H,1,4-11H2,2H3,(H,18,21);1-2H2. The van der Waals surface area contributed by atoms with E-state index in [-0.39, 0.29) is 24.4 Å². The summed E-state index contributed by atoms with van der Waals surface area (Å²) in [4.78, 5) is 26.2. The van der Waals surface area contributed by atoms with Crippen molar-refractivity contribution in [3.8, 4) is 0 Å². The Morgan fingerprint density at radius 2 is 2.04 bits per heavy atom. The molecule has 2 fully saturated rings. The molecule has 1 aliphatic carbocycles. The molecule has 3 atom stereocenters. The number of hydrogen-bond acceptors (Lipinski definition) is 4. The SMILES string of the molecule is C=C.C=CCCCCOC(C)C(=O)N1CC(O)CC1C(=O)NC1CC1. The molecular formula is C19H32N2O4. The van der Waals surface area contributed by atoms with Crippen LogP contribution in [0, 0.1) is 0 Å². The van der Waals surface area contributed by atoms with Gasteiger partial charge in [0.2, 0.25) is 5.91 Å². The van der Waals surface area contributed by atoms with Gasteiger partial charge in [-0.2, -0.15) is 0 Å². The largest absolute Gasteiger partial charge is 0.391 e. The maximum Gasteiger partial charge on any atom is 0.252 e. The van der Waals surface area contributed by atoms with Crippen molar-refractivity contribution in [1.82, 2.24) is 10.2 Å². The second kappa shape index (κ2) is 11.1. The Morgan fingerprint density at radius 1 is 1.36 bits per heavy atom. The van der Waals surface area contributed by atoms with E-state index in [0.717, 1.165) is 32.1 Å². The van der Waals surface area contributed by atoms with E-state index in [1.807, 2.05) is 6.08 Å². The lowest BCUT2D eigenvalue weighted by Crippen LogP contribution is -2.49. The van der Waals surface area contributed by atoms with Crippen LogP contribution in [0.3, 0.4) is 0 Å². The molecule has 142 valence electrons. The molecule has 0 bridgehead atoms. The summed E-state index contributed by atoms with van der Waals surface area (Å²) in [6.07, 6.45) is 5.72. The first-order chi connectivity index (χ1) is 12.0. The molecular weight excluding hydrogens is 320 g/mol. The fraction of sp³-hybridized carbons (Fsp3) is 0.684. The fourth-order valence-corrected chi connectivity index (χ4v) is 2.79. The predicted molar refractivity (Wildman–Crippen MR) is 98.0 cm³/mol. The highest BCUT2D eigenvalue weighted by Gasteiger charge is 2.41. The Balaban J connectivity index is 0.00000151. The van der Waals surface area contributed by atoms with Gasteiger partial charge in [-0.25, -0.2) is 0 Å². The van der Waals surface area contributed by atoms with Gasteiger partial charge in [-0.3, -0.25) is 9.59 Å². The van der Waals surface area contributed by atoms with Crippen LogP contribution in [-0.2, 0) is 14.3 Å². The van der Waals surface area contributed by atoms with Gasteiger partial charge in [0.25, 0.3) is 5.91 Å². The van der Waals surface area contributed by atoms with Gasteiger partial charge in [0.1, 0.15) is 12.1 Å². The third kappa shape index (κ3) is 7.00. The number of β-amino-alcohol motifs (C(OH)–C–C–N with tert-alkyl or cyclic N) is 1. The number of hydrogen-bond donors (Lipinski definition) is 2. The van der Waals surface area contributed by atoms with Crippen LogP contribution in [0.25, 0.3) is 0 Å². The summed E-state index contributed by atoms with van der Waals surface area (Å²) in [5.74, 6) is -0.378. The predicted octanol–water partition coefficient (Wildman–Crippen LogP) is 1.79. The number of rotatable bonds is 9. The van der Waals surface area contributed by atoms with Crippen molar-refractivity contribution in [2.45, 2.75) is 69.7 Å². The average Bonchev–Trinajstić information content (AvgIpc) is 3.34. The first kappa shape index (κ1) is 21.4.